The number of thioether (sulfide) groups is 1. The number of fused-ring (bicyclic) bond motifs is 1. The van der Waals surface area contributed by atoms with Gasteiger partial charge in [-0.3, -0.25) is 22.9 Å². The molecule has 1 aromatic rings. The maximum Gasteiger partial charge on any atom is 0.352 e. The van der Waals surface area contributed by atoms with Gasteiger partial charge in [-0.25, -0.2) is 9.78 Å². The van der Waals surface area contributed by atoms with Crippen LogP contribution in [0.3, 0.4) is 0 Å². The number of rotatable bonds is 5. The number of nitrogens with zero attached hydrogens (tertiary/aromatic N) is 3. The molecule has 1 aromatic heterocycles. The SMILES string of the molecule is C=CC1=C(C(=O)O)N2C(=O)[C@@H](NC(=O)/C(=N/O)c3csc(N)n3)[C@H]2SC1.O=S(=O)([O-])[O-]. The summed E-state index contributed by atoms with van der Waals surface area (Å²) in [5.41, 5.74) is 5.49. The molecular weight excluding hydrogens is 478 g/mol. The first kappa shape index (κ1) is 24.3. The third kappa shape index (κ3) is 5.58. The van der Waals surface area contributed by atoms with Gasteiger partial charge in [0, 0.05) is 21.5 Å². The molecule has 5 N–H and O–H groups in total. The second-order valence-electron chi connectivity index (χ2n) is 5.67. The second-order valence-corrected chi connectivity index (χ2v) is 8.48. The zero-order valence-corrected chi connectivity index (χ0v) is 17.6. The highest BCUT2D eigenvalue weighted by atomic mass is 32.3. The van der Waals surface area contributed by atoms with Gasteiger partial charge in [-0.2, -0.15) is 0 Å². The number of nitrogen functional groups attached to an aromatic ring is 1. The number of carbonyl (C=O) groups excluding carboxylic acids is 2. The highest BCUT2D eigenvalue weighted by molar-refractivity contribution is 8.00. The molecule has 14 nitrogen and oxygen atoms in total. The van der Waals surface area contributed by atoms with E-state index in [1.165, 1.54) is 23.2 Å². The average molecular weight is 491 g/mol. The van der Waals surface area contributed by atoms with Crippen molar-refractivity contribution in [2.24, 2.45) is 5.16 Å². The van der Waals surface area contributed by atoms with E-state index >= 15 is 0 Å². The van der Waals surface area contributed by atoms with Crippen molar-refractivity contribution in [3.05, 3.63) is 35.0 Å². The molecule has 1 saturated heterocycles. The Morgan fingerprint density at radius 3 is 2.52 bits per heavy atom. The summed E-state index contributed by atoms with van der Waals surface area (Å²) in [7, 11) is -5.17. The van der Waals surface area contributed by atoms with Gasteiger partial charge in [-0.1, -0.05) is 17.8 Å². The van der Waals surface area contributed by atoms with Crippen LogP contribution in [0.25, 0.3) is 0 Å². The second kappa shape index (κ2) is 9.43. The van der Waals surface area contributed by atoms with Crippen LogP contribution in [0.5, 0.6) is 0 Å². The molecule has 31 heavy (non-hydrogen) atoms. The summed E-state index contributed by atoms with van der Waals surface area (Å²) in [5, 5.41) is 24.9. The number of amides is 2. The van der Waals surface area contributed by atoms with Crippen LogP contribution in [0.4, 0.5) is 5.13 Å². The predicted molar refractivity (Wildman–Crippen MR) is 105 cm³/mol. The molecular formula is C14H13N5O9S3-2. The minimum absolute atomic E-state index is 0.0764. The van der Waals surface area contributed by atoms with E-state index in [-0.39, 0.29) is 22.2 Å². The Morgan fingerprint density at radius 2 is 2.06 bits per heavy atom. The molecule has 0 aliphatic carbocycles. The average Bonchev–Trinajstić information content (AvgIpc) is 3.09. The smallest absolute Gasteiger partial charge is 0.352 e. The quantitative estimate of drug-likeness (QED) is 0.0918. The predicted octanol–water partition coefficient (Wildman–Crippen LogP) is -1.51. The summed E-state index contributed by atoms with van der Waals surface area (Å²) < 4.78 is 34.1. The van der Waals surface area contributed by atoms with Gasteiger partial charge in [0.25, 0.3) is 11.8 Å². The lowest BCUT2D eigenvalue weighted by molar-refractivity contribution is -0.150. The van der Waals surface area contributed by atoms with Gasteiger partial charge in [0.2, 0.25) is 0 Å². The Hall–Kier alpha value is -2.99. The molecule has 168 valence electrons. The Balaban J connectivity index is 0.000000614. The number of aliphatic carboxylic acids is 1. The van der Waals surface area contributed by atoms with Crippen LogP contribution in [0.15, 0.2) is 34.5 Å². The van der Waals surface area contributed by atoms with E-state index < -0.39 is 39.6 Å². The number of carbonyl (C=O) groups is 3. The Labute approximate surface area is 182 Å². The fraction of sp³-hybridized carbons (Fsp3) is 0.214. The number of nitrogens with one attached hydrogen (secondary N) is 1. The molecule has 0 saturated carbocycles. The van der Waals surface area contributed by atoms with E-state index in [2.05, 4.69) is 22.0 Å². The maximum absolute atomic E-state index is 12.4. The van der Waals surface area contributed by atoms with Crippen molar-refractivity contribution in [2.45, 2.75) is 11.4 Å². The summed E-state index contributed by atoms with van der Waals surface area (Å²) in [5.74, 6) is -2.27. The summed E-state index contributed by atoms with van der Waals surface area (Å²) in [6, 6.07) is -0.944. The van der Waals surface area contributed by atoms with Crippen LogP contribution in [0.2, 0.25) is 0 Å². The van der Waals surface area contributed by atoms with Crippen LogP contribution in [-0.4, -0.2) is 78.4 Å². The number of thiazole rings is 1. The van der Waals surface area contributed by atoms with Crippen molar-refractivity contribution in [1.82, 2.24) is 15.2 Å². The van der Waals surface area contributed by atoms with Gasteiger partial charge < -0.3 is 30.5 Å². The van der Waals surface area contributed by atoms with Crippen molar-refractivity contribution in [3.63, 3.8) is 0 Å². The van der Waals surface area contributed by atoms with Crippen LogP contribution in [-0.2, 0) is 24.8 Å². The number of anilines is 1. The first-order chi connectivity index (χ1) is 14.4. The zero-order chi connectivity index (χ0) is 23.5. The van der Waals surface area contributed by atoms with Crippen molar-refractivity contribution >= 4 is 62.1 Å². The Bertz CT molecular complexity index is 1090. The fourth-order valence-corrected chi connectivity index (χ4v) is 4.51. The standard InChI is InChI=1S/C14H13N5O5S2.H2O4S/c1-2-5-3-25-12-8(11(21)19(12)9(5)13(22)23)17-10(20)7(18-24)6-4-26-14(15)16-6;1-5(2,3)4/h2,4,8,12,24H,1,3H2,(H2,15,16)(H,17,20)(H,22,23);(H2,1,2,3,4)/p-2/b18-7+;/t8-,12-;/m1./s1. The normalized spacial score (nSPS) is 20.8. The molecule has 2 aliphatic heterocycles. The van der Waals surface area contributed by atoms with Gasteiger partial charge in [-0.05, 0) is 5.57 Å². The number of nitrogens with two attached hydrogens (primary N) is 1. The van der Waals surface area contributed by atoms with E-state index in [4.69, 9.17) is 28.5 Å². The molecule has 2 amide bonds. The molecule has 0 aromatic carbocycles. The zero-order valence-electron chi connectivity index (χ0n) is 15.1. The number of aromatic nitrogens is 1. The molecule has 2 atom stereocenters. The Kier molecular flexibility index (Phi) is 7.39. The van der Waals surface area contributed by atoms with Gasteiger partial charge in [0.05, 0.1) is 0 Å². The van der Waals surface area contributed by atoms with Crippen LogP contribution < -0.4 is 11.1 Å². The van der Waals surface area contributed by atoms with Crippen LogP contribution in [0.1, 0.15) is 5.69 Å². The van der Waals surface area contributed by atoms with Crippen molar-refractivity contribution in [3.8, 4) is 0 Å². The largest absolute Gasteiger partial charge is 0.759 e. The van der Waals surface area contributed by atoms with E-state index in [1.807, 2.05) is 0 Å². The van der Waals surface area contributed by atoms with Gasteiger partial charge in [0.15, 0.2) is 10.8 Å². The van der Waals surface area contributed by atoms with E-state index in [1.54, 1.807) is 0 Å². The molecule has 0 spiro atoms. The lowest BCUT2D eigenvalue weighted by Gasteiger charge is -2.49. The number of carboxylic acid groups (broad SMARTS) is 1. The van der Waals surface area contributed by atoms with E-state index in [9.17, 15) is 19.5 Å². The number of β-lactam (4-membered cyclic amide) rings is 1. The summed E-state index contributed by atoms with van der Waals surface area (Å²) in [6.07, 6.45) is 1.40. The van der Waals surface area contributed by atoms with Crippen LogP contribution in [0, 0.1) is 0 Å². The van der Waals surface area contributed by atoms with Gasteiger partial charge in [-0.15, -0.1) is 23.1 Å². The highest BCUT2D eigenvalue weighted by Crippen LogP contribution is 2.40. The molecule has 1 fully saturated rings. The minimum atomic E-state index is -5.17. The molecule has 17 heteroatoms. The fourth-order valence-electron chi connectivity index (χ4n) is 2.62. The summed E-state index contributed by atoms with van der Waals surface area (Å²) >= 11 is 2.37. The molecule has 0 unspecified atom stereocenters. The summed E-state index contributed by atoms with van der Waals surface area (Å²) in [6.45, 7) is 3.56. The van der Waals surface area contributed by atoms with E-state index in [0.29, 0.717) is 11.3 Å². The molecule has 0 radical (unpaired) electrons. The highest BCUT2D eigenvalue weighted by Gasteiger charge is 2.54. The number of allylic oxidation sites excluding steroid dienone is 1. The molecule has 0 bridgehead atoms. The number of hydrogen-bond donors (Lipinski definition) is 4. The Morgan fingerprint density at radius 1 is 1.45 bits per heavy atom. The molecule has 3 heterocycles. The molecule has 2 aliphatic rings. The van der Waals surface area contributed by atoms with Crippen molar-refractivity contribution in [2.75, 3.05) is 11.5 Å². The van der Waals surface area contributed by atoms with E-state index in [0.717, 1.165) is 16.2 Å². The monoisotopic (exact) mass is 491 g/mol. The summed E-state index contributed by atoms with van der Waals surface area (Å²) in [4.78, 5) is 41.2. The van der Waals surface area contributed by atoms with Crippen molar-refractivity contribution < 1.29 is 42.2 Å². The maximum atomic E-state index is 12.4. The third-order valence-electron chi connectivity index (χ3n) is 3.81. The number of oxime groups is 1. The van der Waals surface area contributed by atoms with Gasteiger partial charge >= 0.3 is 5.97 Å². The van der Waals surface area contributed by atoms with Crippen LogP contribution >= 0.6 is 23.1 Å². The lowest BCUT2D eigenvalue weighted by atomic mass is 10.0. The molecule has 3 rings (SSSR count). The first-order valence-corrected chi connectivity index (χ1v) is 11.1. The minimum Gasteiger partial charge on any atom is -0.759 e. The number of carboxylic acids is 1. The first-order valence-electron chi connectivity index (χ1n) is 7.83. The topological polar surface area (TPSA) is 238 Å². The number of hydrogen-bond acceptors (Lipinski definition) is 13. The van der Waals surface area contributed by atoms with Crippen molar-refractivity contribution in [1.29, 1.82) is 0 Å². The lowest BCUT2D eigenvalue weighted by Crippen LogP contribution is -2.71. The van der Waals surface area contributed by atoms with Gasteiger partial charge in [0.1, 0.15) is 22.8 Å². The third-order valence-corrected chi connectivity index (χ3v) is 5.79.